The van der Waals surface area contributed by atoms with Crippen LogP contribution in [0, 0.1) is 5.95 Å². The number of rotatable bonds is 5. The Morgan fingerprint density at radius 2 is 2.05 bits per heavy atom. The van der Waals surface area contributed by atoms with Crippen molar-refractivity contribution >= 4 is 17.4 Å². The van der Waals surface area contributed by atoms with Gasteiger partial charge in [0.1, 0.15) is 0 Å². The summed E-state index contributed by atoms with van der Waals surface area (Å²) in [6, 6.07) is 11.4. The predicted molar refractivity (Wildman–Crippen MR) is 77.9 cm³/mol. The van der Waals surface area contributed by atoms with Crippen LogP contribution in [0.25, 0.3) is 5.65 Å². The Hall–Kier alpha value is -2.15. The summed E-state index contributed by atoms with van der Waals surface area (Å²) in [5.41, 5.74) is 1.57. The van der Waals surface area contributed by atoms with Gasteiger partial charge in [0, 0.05) is 11.8 Å². The number of fused-ring (bicyclic) bond motifs is 1. The summed E-state index contributed by atoms with van der Waals surface area (Å²) < 4.78 is 20.1. The average molecular weight is 304 g/mol. The van der Waals surface area contributed by atoms with Crippen LogP contribution in [0.3, 0.4) is 0 Å². The summed E-state index contributed by atoms with van der Waals surface area (Å²) in [7, 11) is 0. The van der Waals surface area contributed by atoms with Crippen molar-refractivity contribution in [1.82, 2.24) is 19.6 Å². The zero-order valence-corrected chi connectivity index (χ0v) is 12.2. The predicted octanol–water partition coefficient (Wildman–Crippen LogP) is 2.95. The van der Waals surface area contributed by atoms with Crippen LogP contribution in [-0.4, -0.2) is 26.2 Å². The van der Waals surface area contributed by atoms with Crippen LogP contribution in [0.2, 0.25) is 0 Å². The van der Waals surface area contributed by atoms with Gasteiger partial charge in [0.15, 0.2) is 5.65 Å². The molecule has 3 aromatic rings. The van der Waals surface area contributed by atoms with Crippen LogP contribution >= 0.6 is 11.8 Å². The first-order valence-electron chi connectivity index (χ1n) is 6.49. The van der Waals surface area contributed by atoms with Crippen molar-refractivity contribution < 1.29 is 9.13 Å². The standard InChI is InChI=1S/C14H13FN4OS/c1-2-20-14-16-11(15)8-12-17-13(18-19(12)14)21-9-10-6-4-3-5-7-10/h3-8H,2,9H2,1H3. The summed E-state index contributed by atoms with van der Waals surface area (Å²) in [6.45, 7) is 2.19. The lowest BCUT2D eigenvalue weighted by Gasteiger charge is -2.02. The topological polar surface area (TPSA) is 52.3 Å². The third-order valence-corrected chi connectivity index (χ3v) is 3.64. The lowest BCUT2D eigenvalue weighted by atomic mass is 10.2. The summed E-state index contributed by atoms with van der Waals surface area (Å²) in [5.74, 6) is 0.121. The molecular formula is C14H13FN4OS. The highest BCUT2D eigenvalue weighted by molar-refractivity contribution is 7.98. The fourth-order valence-corrected chi connectivity index (χ4v) is 2.61. The van der Waals surface area contributed by atoms with E-state index in [1.807, 2.05) is 30.3 Å². The zero-order valence-electron chi connectivity index (χ0n) is 11.4. The quantitative estimate of drug-likeness (QED) is 0.536. The van der Waals surface area contributed by atoms with E-state index in [1.165, 1.54) is 27.9 Å². The van der Waals surface area contributed by atoms with Gasteiger partial charge < -0.3 is 4.74 Å². The minimum absolute atomic E-state index is 0.117. The second-order valence-electron chi connectivity index (χ2n) is 4.23. The maximum atomic E-state index is 13.4. The molecule has 0 fully saturated rings. The van der Waals surface area contributed by atoms with Crippen molar-refractivity contribution in [2.24, 2.45) is 0 Å². The first-order chi connectivity index (χ1) is 10.3. The van der Waals surface area contributed by atoms with E-state index in [2.05, 4.69) is 15.1 Å². The van der Waals surface area contributed by atoms with Crippen LogP contribution in [0.15, 0.2) is 41.6 Å². The first kappa shape index (κ1) is 13.8. The Morgan fingerprint density at radius 1 is 1.24 bits per heavy atom. The van der Waals surface area contributed by atoms with E-state index in [0.717, 1.165) is 5.75 Å². The van der Waals surface area contributed by atoms with Gasteiger partial charge in [-0.2, -0.15) is 13.9 Å². The van der Waals surface area contributed by atoms with Crippen molar-refractivity contribution in [1.29, 1.82) is 0 Å². The molecule has 21 heavy (non-hydrogen) atoms. The van der Waals surface area contributed by atoms with Gasteiger partial charge in [-0.05, 0) is 12.5 Å². The van der Waals surface area contributed by atoms with E-state index in [1.54, 1.807) is 6.92 Å². The molecule has 0 saturated carbocycles. The highest BCUT2D eigenvalue weighted by Gasteiger charge is 2.12. The Labute approximate surface area is 125 Å². The maximum absolute atomic E-state index is 13.4. The molecule has 0 saturated heterocycles. The second kappa shape index (κ2) is 6.09. The normalized spacial score (nSPS) is 11.0. The Balaban J connectivity index is 1.85. The Morgan fingerprint density at radius 3 is 2.81 bits per heavy atom. The van der Waals surface area contributed by atoms with Gasteiger partial charge in [0.05, 0.1) is 6.61 Å². The van der Waals surface area contributed by atoms with E-state index in [0.29, 0.717) is 17.4 Å². The molecule has 1 aromatic carbocycles. The molecule has 0 atom stereocenters. The molecule has 0 aliphatic carbocycles. The number of hydrogen-bond acceptors (Lipinski definition) is 5. The minimum Gasteiger partial charge on any atom is -0.464 e. The molecule has 2 aromatic heterocycles. The average Bonchev–Trinajstić information content (AvgIpc) is 2.89. The molecule has 108 valence electrons. The fraction of sp³-hybridized carbons (Fsp3) is 0.214. The van der Waals surface area contributed by atoms with Crippen molar-refractivity contribution in [2.45, 2.75) is 17.8 Å². The molecule has 0 aliphatic heterocycles. The number of halogens is 1. The van der Waals surface area contributed by atoms with Gasteiger partial charge in [-0.15, -0.1) is 5.10 Å². The monoisotopic (exact) mass is 304 g/mol. The number of ether oxygens (including phenoxy) is 1. The van der Waals surface area contributed by atoms with E-state index in [4.69, 9.17) is 4.74 Å². The number of hydrogen-bond donors (Lipinski definition) is 0. The van der Waals surface area contributed by atoms with E-state index in [-0.39, 0.29) is 6.01 Å². The highest BCUT2D eigenvalue weighted by Crippen LogP contribution is 2.21. The van der Waals surface area contributed by atoms with Crippen LogP contribution in [-0.2, 0) is 5.75 Å². The van der Waals surface area contributed by atoms with Crippen molar-refractivity contribution in [3.8, 4) is 6.01 Å². The van der Waals surface area contributed by atoms with Crippen LogP contribution in [0.4, 0.5) is 4.39 Å². The van der Waals surface area contributed by atoms with Gasteiger partial charge in [-0.25, -0.2) is 4.98 Å². The van der Waals surface area contributed by atoms with Gasteiger partial charge in [-0.1, -0.05) is 42.1 Å². The molecule has 0 radical (unpaired) electrons. The van der Waals surface area contributed by atoms with Gasteiger partial charge >= 0.3 is 6.01 Å². The van der Waals surface area contributed by atoms with E-state index in [9.17, 15) is 4.39 Å². The SMILES string of the molecule is CCOc1nc(F)cc2nc(SCc3ccccc3)nn12. The maximum Gasteiger partial charge on any atom is 0.322 e. The first-order valence-corrected chi connectivity index (χ1v) is 7.47. The number of benzene rings is 1. The molecule has 0 unspecified atom stereocenters. The van der Waals surface area contributed by atoms with Crippen LogP contribution in [0.5, 0.6) is 6.01 Å². The molecule has 0 amide bonds. The lowest BCUT2D eigenvalue weighted by Crippen LogP contribution is -2.04. The summed E-state index contributed by atoms with van der Waals surface area (Å²) in [6.07, 6.45) is 0. The van der Waals surface area contributed by atoms with Gasteiger partial charge in [0.2, 0.25) is 11.1 Å². The third kappa shape index (κ3) is 3.13. The Bertz CT molecular complexity index is 747. The van der Waals surface area contributed by atoms with Crippen molar-refractivity contribution in [3.05, 3.63) is 47.9 Å². The zero-order chi connectivity index (χ0) is 14.7. The van der Waals surface area contributed by atoms with Crippen molar-refractivity contribution in [3.63, 3.8) is 0 Å². The molecule has 0 aliphatic rings. The molecular weight excluding hydrogens is 291 g/mol. The highest BCUT2D eigenvalue weighted by atomic mass is 32.2. The molecule has 2 heterocycles. The van der Waals surface area contributed by atoms with Crippen molar-refractivity contribution in [2.75, 3.05) is 6.61 Å². The van der Waals surface area contributed by atoms with Gasteiger partial charge in [-0.3, -0.25) is 0 Å². The second-order valence-corrected chi connectivity index (χ2v) is 5.18. The molecule has 5 nitrogen and oxygen atoms in total. The smallest absolute Gasteiger partial charge is 0.322 e. The number of aromatic nitrogens is 4. The van der Waals surface area contributed by atoms with E-state index >= 15 is 0 Å². The molecule has 0 bridgehead atoms. The molecule has 7 heteroatoms. The third-order valence-electron chi connectivity index (χ3n) is 2.73. The lowest BCUT2D eigenvalue weighted by molar-refractivity contribution is 0.296. The van der Waals surface area contributed by atoms with Crippen LogP contribution in [0.1, 0.15) is 12.5 Å². The summed E-state index contributed by atoms with van der Waals surface area (Å²) >= 11 is 1.48. The summed E-state index contributed by atoms with van der Waals surface area (Å²) in [5, 5.41) is 4.86. The minimum atomic E-state index is -0.627. The Kier molecular flexibility index (Phi) is 4.01. The summed E-state index contributed by atoms with van der Waals surface area (Å²) in [4.78, 5) is 7.97. The molecule has 0 N–H and O–H groups in total. The van der Waals surface area contributed by atoms with Gasteiger partial charge in [0.25, 0.3) is 0 Å². The van der Waals surface area contributed by atoms with Crippen LogP contribution < -0.4 is 4.74 Å². The van der Waals surface area contributed by atoms with E-state index < -0.39 is 5.95 Å². The number of nitrogens with zero attached hydrogens (tertiary/aromatic N) is 4. The fourth-order valence-electron chi connectivity index (χ4n) is 1.82. The molecule has 0 spiro atoms. The number of thioether (sulfide) groups is 1. The molecule has 3 rings (SSSR count). The largest absolute Gasteiger partial charge is 0.464 e.